The summed E-state index contributed by atoms with van der Waals surface area (Å²) in [5.41, 5.74) is 9.48. The number of hydrogen-bond acceptors (Lipinski definition) is 3. The van der Waals surface area contributed by atoms with Crippen LogP contribution >= 0.6 is 11.6 Å². The van der Waals surface area contributed by atoms with Crippen molar-refractivity contribution >= 4 is 23.0 Å². The van der Waals surface area contributed by atoms with Crippen molar-refractivity contribution in [2.45, 2.75) is 5.88 Å². The molecular formula is C17H19ClN2O. The largest absolute Gasteiger partial charge is 0.455 e. The Balaban J connectivity index is 2.19. The van der Waals surface area contributed by atoms with E-state index in [1.165, 1.54) is 0 Å². The maximum absolute atomic E-state index is 5.92. The Hall–Kier alpha value is -2.13. The van der Waals surface area contributed by atoms with E-state index in [1.807, 2.05) is 55.4 Å². The average Bonchev–Trinajstić information content (AvgIpc) is 2.49. The van der Waals surface area contributed by atoms with Gasteiger partial charge in [-0.3, -0.25) is 0 Å². The fraction of sp³-hybridized carbons (Fsp3) is 0.176. The van der Waals surface area contributed by atoms with Crippen LogP contribution in [-0.4, -0.2) is 19.0 Å². The van der Waals surface area contributed by atoms with Crippen molar-refractivity contribution in [3.63, 3.8) is 0 Å². The van der Waals surface area contributed by atoms with Crippen LogP contribution in [0.4, 0.5) is 5.69 Å². The maximum atomic E-state index is 5.92. The van der Waals surface area contributed by atoms with Gasteiger partial charge in [0, 0.05) is 25.7 Å². The Morgan fingerprint density at radius 1 is 1.19 bits per heavy atom. The van der Waals surface area contributed by atoms with E-state index in [9.17, 15) is 0 Å². The first-order valence-electron chi connectivity index (χ1n) is 6.60. The third-order valence-corrected chi connectivity index (χ3v) is 3.50. The van der Waals surface area contributed by atoms with Gasteiger partial charge in [-0.1, -0.05) is 12.6 Å². The lowest BCUT2D eigenvalue weighted by atomic mass is 10.1. The molecule has 0 spiro atoms. The van der Waals surface area contributed by atoms with Gasteiger partial charge in [0.1, 0.15) is 5.75 Å². The predicted molar refractivity (Wildman–Crippen MR) is 89.6 cm³/mol. The number of rotatable bonds is 5. The molecule has 0 saturated heterocycles. The second-order valence-electron chi connectivity index (χ2n) is 4.97. The highest BCUT2D eigenvalue weighted by molar-refractivity contribution is 6.17. The smallest absolute Gasteiger partial charge is 0.150 e. The predicted octanol–water partition coefficient (Wildman–Crippen LogP) is 4.33. The number of anilines is 1. The lowest BCUT2D eigenvalue weighted by Crippen LogP contribution is -2.08. The quantitative estimate of drug-likeness (QED) is 0.660. The maximum Gasteiger partial charge on any atom is 0.150 e. The number of hydrogen-bond donors (Lipinski definition) is 1. The molecule has 0 heterocycles. The van der Waals surface area contributed by atoms with Crippen molar-refractivity contribution in [2.24, 2.45) is 0 Å². The van der Waals surface area contributed by atoms with Crippen LogP contribution in [0.2, 0.25) is 0 Å². The van der Waals surface area contributed by atoms with Gasteiger partial charge in [-0.15, -0.1) is 11.6 Å². The fourth-order valence-electron chi connectivity index (χ4n) is 1.85. The Kier molecular flexibility index (Phi) is 4.76. The van der Waals surface area contributed by atoms with Crippen LogP contribution in [0.1, 0.15) is 11.1 Å². The number of halogens is 1. The molecule has 0 amide bonds. The third-order valence-electron chi connectivity index (χ3n) is 3.19. The summed E-state index contributed by atoms with van der Waals surface area (Å²) in [4.78, 5) is 1.97. The van der Waals surface area contributed by atoms with Crippen LogP contribution in [0.15, 0.2) is 49.0 Å². The van der Waals surface area contributed by atoms with E-state index in [2.05, 4.69) is 6.58 Å². The molecule has 2 N–H and O–H groups in total. The molecule has 0 aliphatic rings. The highest BCUT2D eigenvalue weighted by Gasteiger charge is 2.05. The number of nitrogens with zero attached hydrogens (tertiary/aromatic N) is 1. The van der Waals surface area contributed by atoms with E-state index >= 15 is 0 Å². The number of alkyl halides is 1. The topological polar surface area (TPSA) is 38.5 Å². The van der Waals surface area contributed by atoms with E-state index in [1.54, 1.807) is 6.07 Å². The van der Waals surface area contributed by atoms with E-state index in [-0.39, 0.29) is 0 Å². The summed E-state index contributed by atoms with van der Waals surface area (Å²) in [5, 5.41) is 0. The molecule has 0 bridgehead atoms. The van der Waals surface area contributed by atoms with Gasteiger partial charge in [0.25, 0.3) is 0 Å². The Morgan fingerprint density at radius 2 is 1.86 bits per heavy atom. The highest BCUT2D eigenvalue weighted by Crippen LogP contribution is 2.29. The summed E-state index contributed by atoms with van der Waals surface area (Å²) in [6.07, 6.45) is 0. The summed E-state index contributed by atoms with van der Waals surface area (Å²) in [6, 6.07) is 13.3. The molecule has 0 atom stereocenters. The van der Waals surface area contributed by atoms with Gasteiger partial charge in [0.15, 0.2) is 5.75 Å². The van der Waals surface area contributed by atoms with Crippen molar-refractivity contribution in [1.29, 1.82) is 0 Å². The number of nitrogens with two attached hydrogens (primary N) is 1. The van der Waals surface area contributed by atoms with Crippen LogP contribution in [0.25, 0.3) is 5.70 Å². The van der Waals surface area contributed by atoms with Crippen LogP contribution in [0, 0.1) is 0 Å². The van der Waals surface area contributed by atoms with Crippen molar-refractivity contribution in [1.82, 2.24) is 4.90 Å². The van der Waals surface area contributed by atoms with E-state index in [0.717, 1.165) is 22.6 Å². The molecule has 0 aliphatic heterocycles. The molecule has 2 rings (SSSR count). The van der Waals surface area contributed by atoms with Crippen molar-refractivity contribution in [3.8, 4) is 11.5 Å². The molecular weight excluding hydrogens is 284 g/mol. The van der Waals surface area contributed by atoms with Crippen molar-refractivity contribution in [2.75, 3.05) is 19.8 Å². The Bertz CT molecular complexity index is 636. The van der Waals surface area contributed by atoms with E-state index in [4.69, 9.17) is 22.1 Å². The normalized spacial score (nSPS) is 10.2. The van der Waals surface area contributed by atoms with Gasteiger partial charge in [-0.2, -0.15) is 0 Å². The second-order valence-corrected chi connectivity index (χ2v) is 5.24. The molecule has 0 aliphatic carbocycles. The van der Waals surface area contributed by atoms with Gasteiger partial charge in [-0.25, -0.2) is 0 Å². The zero-order valence-electron chi connectivity index (χ0n) is 12.3. The van der Waals surface area contributed by atoms with Crippen LogP contribution < -0.4 is 10.5 Å². The molecule has 0 saturated carbocycles. The average molecular weight is 303 g/mol. The minimum absolute atomic E-state index is 0.429. The van der Waals surface area contributed by atoms with Crippen LogP contribution in [-0.2, 0) is 5.88 Å². The molecule has 3 nitrogen and oxygen atoms in total. The minimum Gasteiger partial charge on any atom is -0.455 e. The highest BCUT2D eigenvalue weighted by atomic mass is 35.5. The summed E-state index contributed by atoms with van der Waals surface area (Å²) in [5.74, 6) is 1.77. The first kappa shape index (κ1) is 15.3. The summed E-state index contributed by atoms with van der Waals surface area (Å²) in [7, 11) is 3.93. The number of nitrogen functional groups attached to an aromatic ring is 1. The molecule has 0 fully saturated rings. The van der Waals surface area contributed by atoms with E-state index < -0.39 is 0 Å². The fourth-order valence-corrected chi connectivity index (χ4v) is 2.02. The zero-order valence-corrected chi connectivity index (χ0v) is 13.0. The minimum atomic E-state index is 0.429. The number of benzene rings is 2. The molecule has 2 aromatic rings. The van der Waals surface area contributed by atoms with Crippen LogP contribution in [0.3, 0.4) is 0 Å². The van der Waals surface area contributed by atoms with Gasteiger partial charge < -0.3 is 15.4 Å². The second kappa shape index (κ2) is 6.55. The Morgan fingerprint density at radius 3 is 2.43 bits per heavy atom. The molecule has 2 aromatic carbocycles. The monoisotopic (exact) mass is 302 g/mol. The lowest BCUT2D eigenvalue weighted by molar-refractivity contribution is 0.484. The Labute approximate surface area is 130 Å². The molecule has 0 unspecified atom stereocenters. The third kappa shape index (κ3) is 3.70. The molecule has 21 heavy (non-hydrogen) atoms. The first-order chi connectivity index (χ1) is 10.0. The van der Waals surface area contributed by atoms with E-state index in [0.29, 0.717) is 17.3 Å². The van der Waals surface area contributed by atoms with Crippen molar-refractivity contribution < 1.29 is 4.74 Å². The first-order valence-corrected chi connectivity index (χ1v) is 7.13. The molecule has 4 heteroatoms. The summed E-state index contributed by atoms with van der Waals surface area (Å²) in [6.45, 7) is 4.03. The van der Waals surface area contributed by atoms with Gasteiger partial charge in [-0.05, 0) is 47.5 Å². The summed E-state index contributed by atoms with van der Waals surface area (Å²) >= 11 is 5.83. The lowest BCUT2D eigenvalue weighted by Gasteiger charge is -2.16. The van der Waals surface area contributed by atoms with Crippen LogP contribution in [0.5, 0.6) is 11.5 Å². The SMILES string of the molecule is C=C(c1ccc(Oc2cc(CCl)ccc2N)cc1)N(C)C. The molecule has 0 aromatic heterocycles. The molecule has 110 valence electrons. The van der Waals surface area contributed by atoms with Crippen molar-refractivity contribution in [3.05, 3.63) is 60.2 Å². The zero-order chi connectivity index (χ0) is 15.4. The van der Waals surface area contributed by atoms with Gasteiger partial charge in [0.05, 0.1) is 5.69 Å². The standard InChI is InChI=1S/C17H19ClN2O/c1-12(20(2)3)14-5-7-15(8-6-14)21-17-10-13(11-18)4-9-16(17)19/h4-10H,1,11,19H2,2-3H3. The molecule has 0 radical (unpaired) electrons. The number of ether oxygens (including phenoxy) is 1. The van der Waals surface area contributed by atoms with Gasteiger partial charge >= 0.3 is 0 Å². The summed E-state index contributed by atoms with van der Waals surface area (Å²) < 4.78 is 5.82. The van der Waals surface area contributed by atoms with Gasteiger partial charge in [0.2, 0.25) is 0 Å².